The molecule has 3 N–H and O–H groups in total. The normalized spacial score (nSPS) is 23.4. The first kappa shape index (κ1) is 14.5. The Morgan fingerprint density at radius 1 is 1.26 bits per heavy atom. The predicted octanol–water partition coefficient (Wildman–Crippen LogP) is 3.81. The zero-order valence-electron chi connectivity index (χ0n) is 11.7. The highest BCUT2D eigenvalue weighted by atomic mass is 35.5. The van der Waals surface area contributed by atoms with Crippen LogP contribution in [0, 0.1) is 0 Å². The lowest BCUT2D eigenvalue weighted by molar-refractivity contribution is 0.242. The van der Waals surface area contributed by atoms with E-state index in [9.17, 15) is 0 Å². The first-order chi connectivity index (χ1) is 9.04. The summed E-state index contributed by atoms with van der Waals surface area (Å²) in [5.74, 6) is 0.743. The highest BCUT2D eigenvalue weighted by Crippen LogP contribution is 2.30. The number of hydrogen-bond acceptors (Lipinski definition) is 3. The van der Waals surface area contributed by atoms with Crippen molar-refractivity contribution in [2.75, 3.05) is 5.32 Å². The maximum absolute atomic E-state index is 6.23. The number of halogens is 1. The van der Waals surface area contributed by atoms with Gasteiger partial charge in [0, 0.05) is 17.8 Å². The SMILES string of the molecule is CC(C)Oc1ccc(NC2CCC(N)CC2)cc1Cl. The fraction of sp³-hybridized carbons (Fsp3) is 0.600. The second-order valence-electron chi connectivity index (χ2n) is 5.57. The van der Waals surface area contributed by atoms with Gasteiger partial charge in [-0.2, -0.15) is 0 Å². The summed E-state index contributed by atoms with van der Waals surface area (Å²) in [6, 6.07) is 6.78. The van der Waals surface area contributed by atoms with E-state index in [1.807, 2.05) is 32.0 Å². The maximum atomic E-state index is 6.23. The quantitative estimate of drug-likeness (QED) is 0.883. The smallest absolute Gasteiger partial charge is 0.138 e. The molecule has 1 aromatic rings. The summed E-state index contributed by atoms with van der Waals surface area (Å²) >= 11 is 6.23. The molecule has 0 bridgehead atoms. The van der Waals surface area contributed by atoms with Crippen LogP contribution in [0.1, 0.15) is 39.5 Å². The molecule has 1 aliphatic rings. The lowest BCUT2D eigenvalue weighted by atomic mass is 9.92. The Balaban J connectivity index is 1.96. The molecular weight excluding hydrogens is 260 g/mol. The number of anilines is 1. The molecule has 0 aromatic heterocycles. The van der Waals surface area contributed by atoms with E-state index in [2.05, 4.69) is 5.32 Å². The fourth-order valence-corrected chi connectivity index (χ4v) is 2.66. The van der Waals surface area contributed by atoms with Crippen molar-refractivity contribution in [1.82, 2.24) is 0 Å². The Kier molecular flexibility index (Phi) is 4.94. The van der Waals surface area contributed by atoms with Crippen molar-refractivity contribution >= 4 is 17.3 Å². The van der Waals surface area contributed by atoms with Gasteiger partial charge in [-0.25, -0.2) is 0 Å². The highest BCUT2D eigenvalue weighted by Gasteiger charge is 2.18. The van der Waals surface area contributed by atoms with Crippen molar-refractivity contribution in [3.8, 4) is 5.75 Å². The molecule has 0 unspecified atom stereocenters. The first-order valence-corrected chi connectivity index (χ1v) is 7.40. The summed E-state index contributed by atoms with van der Waals surface area (Å²) in [7, 11) is 0. The third kappa shape index (κ3) is 4.29. The molecule has 0 heterocycles. The van der Waals surface area contributed by atoms with E-state index in [0.29, 0.717) is 17.1 Å². The van der Waals surface area contributed by atoms with Crippen molar-refractivity contribution in [2.24, 2.45) is 5.73 Å². The van der Waals surface area contributed by atoms with Crippen molar-refractivity contribution in [2.45, 2.75) is 57.7 Å². The molecule has 1 saturated carbocycles. The van der Waals surface area contributed by atoms with Gasteiger partial charge in [0.1, 0.15) is 5.75 Å². The fourth-order valence-electron chi connectivity index (χ4n) is 2.44. The van der Waals surface area contributed by atoms with Crippen molar-refractivity contribution in [1.29, 1.82) is 0 Å². The second-order valence-corrected chi connectivity index (χ2v) is 5.98. The molecule has 4 heteroatoms. The summed E-state index contributed by atoms with van der Waals surface area (Å²) in [6.45, 7) is 3.99. The van der Waals surface area contributed by atoms with E-state index >= 15 is 0 Å². The van der Waals surface area contributed by atoms with Gasteiger partial charge < -0.3 is 15.8 Å². The van der Waals surface area contributed by atoms with Crippen LogP contribution < -0.4 is 15.8 Å². The lowest BCUT2D eigenvalue weighted by Crippen LogP contribution is -2.32. The van der Waals surface area contributed by atoms with Gasteiger partial charge in [-0.15, -0.1) is 0 Å². The van der Waals surface area contributed by atoms with Gasteiger partial charge in [0.25, 0.3) is 0 Å². The average Bonchev–Trinajstić information content (AvgIpc) is 2.35. The van der Waals surface area contributed by atoms with E-state index < -0.39 is 0 Å². The molecular formula is C15H23ClN2O. The summed E-state index contributed by atoms with van der Waals surface area (Å²) in [4.78, 5) is 0. The van der Waals surface area contributed by atoms with Gasteiger partial charge in [-0.3, -0.25) is 0 Å². The van der Waals surface area contributed by atoms with E-state index in [1.54, 1.807) is 0 Å². The van der Waals surface area contributed by atoms with Crippen LogP contribution in [0.15, 0.2) is 18.2 Å². The van der Waals surface area contributed by atoms with Crippen LogP contribution in [0.3, 0.4) is 0 Å². The standard InChI is InChI=1S/C15H23ClN2O/c1-10(2)19-15-8-7-13(9-14(15)16)18-12-5-3-11(17)4-6-12/h7-12,18H,3-6,17H2,1-2H3. The van der Waals surface area contributed by atoms with Crippen molar-refractivity contribution < 1.29 is 4.74 Å². The van der Waals surface area contributed by atoms with Gasteiger partial charge in [0.05, 0.1) is 11.1 Å². The van der Waals surface area contributed by atoms with Crippen LogP contribution in [0.2, 0.25) is 5.02 Å². The van der Waals surface area contributed by atoms with Gasteiger partial charge in [-0.05, 0) is 57.7 Å². The molecule has 3 nitrogen and oxygen atoms in total. The van der Waals surface area contributed by atoms with Crippen molar-refractivity contribution in [3.63, 3.8) is 0 Å². The zero-order valence-corrected chi connectivity index (χ0v) is 12.4. The molecule has 0 amide bonds. The van der Waals surface area contributed by atoms with E-state index in [0.717, 1.165) is 37.1 Å². The second kappa shape index (κ2) is 6.49. The molecule has 19 heavy (non-hydrogen) atoms. The molecule has 1 aliphatic carbocycles. The minimum absolute atomic E-state index is 0.135. The largest absolute Gasteiger partial charge is 0.489 e. The molecule has 1 fully saturated rings. The van der Waals surface area contributed by atoms with Crippen LogP contribution in [-0.2, 0) is 0 Å². The van der Waals surface area contributed by atoms with E-state index in [1.165, 1.54) is 0 Å². The maximum Gasteiger partial charge on any atom is 0.138 e. The van der Waals surface area contributed by atoms with Crippen LogP contribution >= 0.6 is 11.6 Å². The number of nitrogens with one attached hydrogen (secondary N) is 1. The van der Waals surface area contributed by atoms with Crippen LogP contribution in [0.5, 0.6) is 5.75 Å². The van der Waals surface area contributed by atoms with Gasteiger partial charge in [0.2, 0.25) is 0 Å². The molecule has 0 atom stereocenters. The van der Waals surface area contributed by atoms with E-state index in [4.69, 9.17) is 22.1 Å². The van der Waals surface area contributed by atoms with E-state index in [-0.39, 0.29) is 6.10 Å². The van der Waals surface area contributed by atoms with Crippen LogP contribution in [0.25, 0.3) is 0 Å². The third-order valence-corrected chi connectivity index (χ3v) is 3.73. The van der Waals surface area contributed by atoms with Gasteiger partial charge in [-0.1, -0.05) is 11.6 Å². The summed E-state index contributed by atoms with van der Waals surface area (Å²) in [5, 5.41) is 4.19. The molecule has 0 aliphatic heterocycles. The average molecular weight is 283 g/mol. The number of ether oxygens (including phenoxy) is 1. The monoisotopic (exact) mass is 282 g/mol. The Labute approximate surface area is 120 Å². The van der Waals surface area contributed by atoms with Gasteiger partial charge in [0.15, 0.2) is 0 Å². The van der Waals surface area contributed by atoms with Crippen LogP contribution in [0.4, 0.5) is 5.69 Å². The highest BCUT2D eigenvalue weighted by molar-refractivity contribution is 6.32. The number of hydrogen-bond donors (Lipinski definition) is 2. The third-order valence-electron chi connectivity index (χ3n) is 3.44. The number of rotatable bonds is 4. The minimum Gasteiger partial charge on any atom is -0.489 e. The van der Waals surface area contributed by atoms with Crippen LogP contribution in [-0.4, -0.2) is 18.2 Å². The molecule has 2 rings (SSSR count). The Morgan fingerprint density at radius 3 is 2.53 bits per heavy atom. The zero-order chi connectivity index (χ0) is 13.8. The number of nitrogens with two attached hydrogens (primary N) is 1. The number of benzene rings is 1. The minimum atomic E-state index is 0.135. The summed E-state index contributed by atoms with van der Waals surface area (Å²) < 4.78 is 5.63. The first-order valence-electron chi connectivity index (χ1n) is 7.03. The Bertz CT molecular complexity index is 415. The molecule has 0 saturated heterocycles. The summed E-state index contributed by atoms with van der Waals surface area (Å²) in [6.07, 6.45) is 4.59. The lowest BCUT2D eigenvalue weighted by Gasteiger charge is -2.27. The Hall–Kier alpha value is -0.930. The molecule has 0 radical (unpaired) electrons. The van der Waals surface area contributed by atoms with Gasteiger partial charge >= 0.3 is 0 Å². The topological polar surface area (TPSA) is 47.3 Å². The molecule has 106 valence electrons. The Morgan fingerprint density at radius 2 is 1.95 bits per heavy atom. The van der Waals surface area contributed by atoms with Crippen molar-refractivity contribution in [3.05, 3.63) is 23.2 Å². The molecule has 1 aromatic carbocycles. The predicted molar refractivity (Wildman–Crippen MR) is 81.1 cm³/mol. The summed E-state index contributed by atoms with van der Waals surface area (Å²) in [5.41, 5.74) is 6.97. The molecule has 0 spiro atoms.